The average Bonchev–Trinajstić information content (AvgIpc) is 3.06. The number of anilines is 1. The number of ether oxygens (including phenoxy) is 3. The Balaban J connectivity index is 1.77. The molecule has 4 heteroatoms. The van der Waals surface area contributed by atoms with E-state index in [2.05, 4.69) is 23.5 Å². The van der Waals surface area contributed by atoms with Crippen LogP contribution in [0.2, 0.25) is 0 Å². The molecule has 0 atom stereocenters. The summed E-state index contributed by atoms with van der Waals surface area (Å²) in [4.78, 5) is 0. The first-order valence-electron chi connectivity index (χ1n) is 7.89. The Morgan fingerprint density at radius 1 is 0.870 bits per heavy atom. The van der Waals surface area contributed by atoms with E-state index in [9.17, 15) is 0 Å². The number of aryl methyl sites for hydroxylation is 2. The van der Waals surface area contributed by atoms with Gasteiger partial charge in [-0.05, 0) is 54.2 Å². The second-order valence-electron chi connectivity index (χ2n) is 5.70. The Morgan fingerprint density at radius 3 is 2.22 bits per heavy atom. The van der Waals surface area contributed by atoms with Gasteiger partial charge in [-0.1, -0.05) is 12.1 Å². The third-order valence-corrected chi connectivity index (χ3v) is 4.31. The number of rotatable bonds is 6. The third kappa shape index (κ3) is 3.21. The molecule has 2 aromatic carbocycles. The van der Waals surface area contributed by atoms with Gasteiger partial charge in [0.05, 0.1) is 21.3 Å². The summed E-state index contributed by atoms with van der Waals surface area (Å²) in [6.07, 6.45) is 3.04. The Hall–Kier alpha value is -2.36. The molecular formula is C19H23NO3. The minimum atomic E-state index is 0.641. The largest absolute Gasteiger partial charge is 0.493 e. The lowest BCUT2D eigenvalue weighted by molar-refractivity contribution is 0.324. The van der Waals surface area contributed by atoms with Crippen molar-refractivity contribution in [3.63, 3.8) is 0 Å². The summed E-state index contributed by atoms with van der Waals surface area (Å²) in [5, 5.41) is 3.40. The highest BCUT2D eigenvalue weighted by atomic mass is 16.5. The predicted molar refractivity (Wildman–Crippen MR) is 92.1 cm³/mol. The Bertz CT molecular complexity index is 672. The number of benzene rings is 2. The van der Waals surface area contributed by atoms with E-state index in [1.165, 1.54) is 22.4 Å². The highest BCUT2D eigenvalue weighted by Crippen LogP contribution is 2.38. The van der Waals surface area contributed by atoms with Crippen molar-refractivity contribution in [3.05, 3.63) is 47.0 Å². The maximum absolute atomic E-state index is 5.42. The minimum Gasteiger partial charge on any atom is -0.493 e. The van der Waals surface area contributed by atoms with E-state index < -0.39 is 0 Å². The lowest BCUT2D eigenvalue weighted by Crippen LogP contribution is -1.98. The molecule has 0 unspecified atom stereocenters. The summed E-state index contributed by atoms with van der Waals surface area (Å²) in [7, 11) is 4.92. The molecule has 0 amide bonds. The third-order valence-electron chi connectivity index (χ3n) is 4.31. The van der Waals surface area contributed by atoms with Crippen LogP contribution >= 0.6 is 0 Å². The quantitative estimate of drug-likeness (QED) is 0.886. The van der Waals surface area contributed by atoms with Gasteiger partial charge in [-0.25, -0.2) is 0 Å². The van der Waals surface area contributed by atoms with Crippen molar-refractivity contribution in [2.24, 2.45) is 0 Å². The zero-order valence-electron chi connectivity index (χ0n) is 13.9. The van der Waals surface area contributed by atoms with Gasteiger partial charge < -0.3 is 19.5 Å². The van der Waals surface area contributed by atoms with E-state index in [0.29, 0.717) is 17.2 Å². The summed E-state index contributed by atoms with van der Waals surface area (Å²) >= 11 is 0. The van der Waals surface area contributed by atoms with Gasteiger partial charge in [0.25, 0.3) is 0 Å². The molecule has 122 valence electrons. The topological polar surface area (TPSA) is 39.7 Å². The maximum Gasteiger partial charge on any atom is 0.203 e. The Kier molecular flexibility index (Phi) is 4.60. The monoisotopic (exact) mass is 313 g/mol. The fourth-order valence-electron chi connectivity index (χ4n) is 3.08. The molecule has 0 saturated carbocycles. The van der Waals surface area contributed by atoms with Crippen LogP contribution in [0.25, 0.3) is 0 Å². The molecule has 0 fully saturated rings. The Labute approximate surface area is 137 Å². The molecule has 0 saturated heterocycles. The SMILES string of the molecule is COc1cc(CCc2ccc3c(c2)CCN3)cc(OC)c1OC. The van der Waals surface area contributed by atoms with E-state index in [0.717, 1.165) is 25.8 Å². The molecule has 4 nitrogen and oxygen atoms in total. The molecular weight excluding hydrogens is 290 g/mol. The summed E-state index contributed by atoms with van der Waals surface area (Å²) in [5.41, 5.74) is 5.24. The summed E-state index contributed by atoms with van der Waals surface area (Å²) < 4.78 is 16.2. The molecule has 0 radical (unpaired) electrons. The van der Waals surface area contributed by atoms with E-state index in [4.69, 9.17) is 14.2 Å². The minimum absolute atomic E-state index is 0.641. The van der Waals surface area contributed by atoms with Crippen molar-refractivity contribution >= 4 is 5.69 Å². The number of hydrogen-bond donors (Lipinski definition) is 1. The van der Waals surface area contributed by atoms with Crippen LogP contribution in [-0.4, -0.2) is 27.9 Å². The summed E-state index contributed by atoms with van der Waals surface area (Å²) in [5.74, 6) is 2.06. The van der Waals surface area contributed by atoms with E-state index >= 15 is 0 Å². The molecule has 0 spiro atoms. The van der Waals surface area contributed by atoms with Crippen LogP contribution in [-0.2, 0) is 19.3 Å². The number of hydrogen-bond acceptors (Lipinski definition) is 4. The van der Waals surface area contributed by atoms with Gasteiger partial charge in [0.2, 0.25) is 5.75 Å². The molecule has 0 aliphatic carbocycles. The van der Waals surface area contributed by atoms with Gasteiger partial charge in [-0.3, -0.25) is 0 Å². The predicted octanol–water partition coefficient (Wildman–Crippen LogP) is 3.47. The van der Waals surface area contributed by atoms with Crippen molar-refractivity contribution in [2.75, 3.05) is 33.2 Å². The van der Waals surface area contributed by atoms with Crippen LogP contribution < -0.4 is 19.5 Å². The highest BCUT2D eigenvalue weighted by Gasteiger charge is 2.14. The molecule has 1 heterocycles. The first-order chi connectivity index (χ1) is 11.2. The van der Waals surface area contributed by atoms with Crippen LogP contribution in [0.15, 0.2) is 30.3 Å². The molecule has 1 N–H and O–H groups in total. The van der Waals surface area contributed by atoms with E-state index in [1.807, 2.05) is 12.1 Å². The van der Waals surface area contributed by atoms with Gasteiger partial charge in [0, 0.05) is 12.2 Å². The highest BCUT2D eigenvalue weighted by molar-refractivity contribution is 5.57. The number of fused-ring (bicyclic) bond motifs is 1. The van der Waals surface area contributed by atoms with Crippen molar-refractivity contribution < 1.29 is 14.2 Å². The normalized spacial score (nSPS) is 12.5. The average molecular weight is 313 g/mol. The van der Waals surface area contributed by atoms with Crippen molar-refractivity contribution in [1.82, 2.24) is 0 Å². The number of methoxy groups -OCH3 is 3. The number of nitrogens with one attached hydrogen (secondary N) is 1. The molecule has 2 aromatic rings. The maximum atomic E-state index is 5.42. The smallest absolute Gasteiger partial charge is 0.203 e. The zero-order chi connectivity index (χ0) is 16.2. The van der Waals surface area contributed by atoms with Crippen LogP contribution in [0, 0.1) is 0 Å². The lowest BCUT2D eigenvalue weighted by atomic mass is 10.0. The molecule has 3 rings (SSSR count). The van der Waals surface area contributed by atoms with Crippen LogP contribution in [0.3, 0.4) is 0 Å². The van der Waals surface area contributed by atoms with Gasteiger partial charge in [-0.15, -0.1) is 0 Å². The lowest BCUT2D eigenvalue weighted by Gasteiger charge is -2.14. The van der Waals surface area contributed by atoms with E-state index in [1.54, 1.807) is 21.3 Å². The van der Waals surface area contributed by atoms with E-state index in [-0.39, 0.29) is 0 Å². The van der Waals surface area contributed by atoms with Crippen molar-refractivity contribution in [1.29, 1.82) is 0 Å². The second-order valence-corrected chi connectivity index (χ2v) is 5.70. The van der Waals surface area contributed by atoms with Crippen LogP contribution in [0.5, 0.6) is 17.2 Å². The second kappa shape index (κ2) is 6.82. The van der Waals surface area contributed by atoms with Gasteiger partial charge >= 0.3 is 0 Å². The van der Waals surface area contributed by atoms with Gasteiger partial charge in [0.15, 0.2) is 11.5 Å². The summed E-state index contributed by atoms with van der Waals surface area (Å²) in [6, 6.07) is 10.8. The van der Waals surface area contributed by atoms with Crippen LogP contribution in [0.4, 0.5) is 5.69 Å². The molecule has 1 aliphatic heterocycles. The fourth-order valence-corrected chi connectivity index (χ4v) is 3.08. The molecule has 0 aromatic heterocycles. The van der Waals surface area contributed by atoms with Crippen molar-refractivity contribution in [3.8, 4) is 17.2 Å². The fraction of sp³-hybridized carbons (Fsp3) is 0.368. The Morgan fingerprint density at radius 2 is 1.57 bits per heavy atom. The van der Waals surface area contributed by atoms with Gasteiger partial charge in [0.1, 0.15) is 0 Å². The van der Waals surface area contributed by atoms with Gasteiger partial charge in [-0.2, -0.15) is 0 Å². The molecule has 0 bridgehead atoms. The standard InChI is InChI=1S/C19H23NO3/c1-21-17-11-14(12-18(22-2)19(17)23-3)5-4-13-6-7-16-15(10-13)8-9-20-16/h6-7,10-12,20H,4-5,8-9H2,1-3H3. The van der Waals surface area contributed by atoms with Crippen molar-refractivity contribution in [2.45, 2.75) is 19.3 Å². The first kappa shape index (κ1) is 15.5. The molecule has 1 aliphatic rings. The summed E-state index contributed by atoms with van der Waals surface area (Å²) in [6.45, 7) is 1.05. The molecule has 23 heavy (non-hydrogen) atoms. The zero-order valence-corrected chi connectivity index (χ0v) is 13.9. The first-order valence-corrected chi connectivity index (χ1v) is 7.89. The van der Waals surface area contributed by atoms with Crippen LogP contribution in [0.1, 0.15) is 16.7 Å².